The Labute approximate surface area is 206 Å². The van der Waals surface area contributed by atoms with Crippen molar-refractivity contribution in [1.29, 1.82) is 0 Å². The number of aromatic nitrogens is 2. The summed E-state index contributed by atoms with van der Waals surface area (Å²) in [6.45, 7) is 0.287. The molecule has 4 aromatic rings. The van der Waals surface area contributed by atoms with E-state index in [9.17, 15) is 18.8 Å². The van der Waals surface area contributed by atoms with Crippen LogP contribution in [-0.4, -0.2) is 33.8 Å². The van der Waals surface area contributed by atoms with Crippen LogP contribution in [-0.2, 0) is 20.9 Å². The highest BCUT2D eigenvalue weighted by atomic mass is 19.1. The first-order valence-electron chi connectivity index (χ1n) is 11.6. The fourth-order valence-corrected chi connectivity index (χ4v) is 4.36. The number of rotatable bonds is 7. The number of para-hydroxylation sites is 4. The van der Waals surface area contributed by atoms with E-state index in [4.69, 9.17) is 0 Å². The van der Waals surface area contributed by atoms with Gasteiger partial charge in [0.25, 0.3) is 0 Å². The summed E-state index contributed by atoms with van der Waals surface area (Å²) in [6.07, 6.45) is 1.59. The van der Waals surface area contributed by atoms with Gasteiger partial charge in [-0.25, -0.2) is 9.37 Å². The molecule has 0 saturated heterocycles. The van der Waals surface area contributed by atoms with Crippen LogP contribution in [0.2, 0.25) is 0 Å². The molecule has 2 heterocycles. The number of halogens is 1. The first kappa shape index (κ1) is 23.2. The van der Waals surface area contributed by atoms with Gasteiger partial charge in [-0.05, 0) is 42.0 Å². The Morgan fingerprint density at radius 1 is 1.00 bits per heavy atom. The number of benzene rings is 3. The van der Waals surface area contributed by atoms with Crippen molar-refractivity contribution in [3.05, 3.63) is 90.5 Å². The first-order chi connectivity index (χ1) is 17.5. The summed E-state index contributed by atoms with van der Waals surface area (Å²) < 4.78 is 15.5. The van der Waals surface area contributed by atoms with E-state index in [0.29, 0.717) is 17.9 Å². The number of hydrogen-bond donors (Lipinski definition) is 2. The lowest BCUT2D eigenvalue weighted by atomic mass is 10.1. The van der Waals surface area contributed by atoms with Crippen molar-refractivity contribution < 1.29 is 18.8 Å². The van der Waals surface area contributed by atoms with Gasteiger partial charge in [0.15, 0.2) is 0 Å². The van der Waals surface area contributed by atoms with Crippen LogP contribution in [0, 0.1) is 5.82 Å². The predicted molar refractivity (Wildman–Crippen MR) is 134 cm³/mol. The molecule has 0 spiro atoms. The van der Waals surface area contributed by atoms with Crippen LogP contribution in [0.1, 0.15) is 24.4 Å². The zero-order valence-corrected chi connectivity index (χ0v) is 19.4. The van der Waals surface area contributed by atoms with Crippen LogP contribution in [0.5, 0.6) is 0 Å². The fourth-order valence-electron chi connectivity index (χ4n) is 4.36. The third-order valence-corrected chi connectivity index (χ3v) is 6.15. The molecule has 1 aliphatic rings. The Balaban J connectivity index is 1.29. The van der Waals surface area contributed by atoms with Crippen LogP contribution in [0.25, 0.3) is 11.0 Å². The number of anilines is 2. The Bertz CT molecular complexity index is 1430. The Morgan fingerprint density at radius 3 is 2.58 bits per heavy atom. The van der Waals surface area contributed by atoms with E-state index < -0.39 is 6.04 Å². The molecule has 0 bridgehead atoms. The summed E-state index contributed by atoms with van der Waals surface area (Å²) in [6, 6.07) is 20.2. The molecule has 1 unspecified atom stereocenters. The number of imidazole rings is 1. The van der Waals surface area contributed by atoms with Crippen LogP contribution >= 0.6 is 0 Å². The van der Waals surface area contributed by atoms with E-state index in [-0.39, 0.29) is 42.9 Å². The van der Waals surface area contributed by atoms with Crippen molar-refractivity contribution >= 4 is 40.1 Å². The van der Waals surface area contributed by atoms with Crippen molar-refractivity contribution in [1.82, 2.24) is 14.9 Å². The van der Waals surface area contributed by atoms with Crippen molar-refractivity contribution in [2.45, 2.75) is 25.4 Å². The van der Waals surface area contributed by atoms with E-state index in [1.807, 2.05) is 28.8 Å². The second kappa shape index (κ2) is 9.99. The van der Waals surface area contributed by atoms with Crippen LogP contribution < -0.4 is 15.5 Å². The van der Waals surface area contributed by atoms with Gasteiger partial charge in [-0.2, -0.15) is 0 Å². The fraction of sp³-hybridized carbons (Fsp3) is 0.185. The van der Waals surface area contributed by atoms with Crippen LogP contribution in [0.3, 0.4) is 0 Å². The van der Waals surface area contributed by atoms with Crippen LogP contribution in [0.4, 0.5) is 15.8 Å². The summed E-state index contributed by atoms with van der Waals surface area (Å²) in [4.78, 5) is 43.7. The number of nitrogens with zero attached hydrogens (tertiary/aromatic N) is 3. The average molecular weight is 486 g/mol. The highest BCUT2D eigenvalue weighted by Crippen LogP contribution is 2.29. The second-order valence-electron chi connectivity index (χ2n) is 8.60. The number of nitrogens with one attached hydrogen (secondary N) is 2. The summed E-state index contributed by atoms with van der Waals surface area (Å²) in [5.41, 5.74) is 3.65. The van der Waals surface area contributed by atoms with E-state index in [2.05, 4.69) is 15.6 Å². The molecule has 182 valence electrons. The summed E-state index contributed by atoms with van der Waals surface area (Å²) in [5.74, 6) is -1.29. The number of fused-ring (bicyclic) bond motifs is 2. The number of carbonyl (C=O) groups excluding carboxylic acids is 3. The van der Waals surface area contributed by atoms with Gasteiger partial charge in [0, 0.05) is 19.4 Å². The zero-order valence-electron chi connectivity index (χ0n) is 19.4. The van der Waals surface area contributed by atoms with E-state index in [1.54, 1.807) is 42.7 Å². The molecule has 1 aromatic heterocycles. The largest absolute Gasteiger partial charge is 0.347 e. The van der Waals surface area contributed by atoms with Crippen molar-refractivity contribution in [2.24, 2.45) is 0 Å². The van der Waals surface area contributed by atoms with Gasteiger partial charge in [-0.1, -0.05) is 36.4 Å². The molecule has 3 aromatic carbocycles. The number of amides is 3. The third-order valence-electron chi connectivity index (χ3n) is 6.15. The normalized spacial score (nSPS) is 13.7. The molecule has 3 amide bonds. The molecule has 0 fully saturated rings. The monoisotopic (exact) mass is 485 g/mol. The Kier molecular flexibility index (Phi) is 6.44. The standard InChI is InChI=1S/C27H24FN5O3/c28-19-11-9-18(10-12-19)22(15-32-17-29-20-5-1-3-7-23(20)32)31-25(34)13-14-27(36)33-16-26(35)30-21-6-2-4-8-24(21)33/h1-12,17,22H,13-16H2,(H,30,35)(H,31,34). The van der Waals surface area contributed by atoms with Gasteiger partial charge >= 0.3 is 0 Å². The molecular weight excluding hydrogens is 461 g/mol. The molecule has 2 N–H and O–H groups in total. The summed E-state index contributed by atoms with van der Waals surface area (Å²) in [5, 5.41) is 5.73. The van der Waals surface area contributed by atoms with E-state index >= 15 is 0 Å². The molecule has 1 aliphatic heterocycles. The maximum Gasteiger partial charge on any atom is 0.244 e. The maximum atomic E-state index is 13.5. The molecule has 36 heavy (non-hydrogen) atoms. The summed E-state index contributed by atoms with van der Waals surface area (Å²) in [7, 11) is 0. The number of hydrogen-bond acceptors (Lipinski definition) is 4. The Morgan fingerprint density at radius 2 is 1.75 bits per heavy atom. The van der Waals surface area contributed by atoms with E-state index in [0.717, 1.165) is 16.6 Å². The minimum Gasteiger partial charge on any atom is -0.347 e. The molecule has 8 nitrogen and oxygen atoms in total. The second-order valence-corrected chi connectivity index (χ2v) is 8.60. The predicted octanol–water partition coefficient (Wildman–Crippen LogP) is 3.80. The van der Waals surface area contributed by atoms with Gasteiger partial charge in [0.1, 0.15) is 12.4 Å². The molecule has 0 radical (unpaired) electrons. The van der Waals surface area contributed by atoms with Gasteiger partial charge < -0.3 is 20.1 Å². The third kappa shape index (κ3) is 4.95. The van der Waals surface area contributed by atoms with Gasteiger partial charge in [-0.3, -0.25) is 14.4 Å². The lowest BCUT2D eigenvalue weighted by Crippen LogP contribution is -2.42. The highest BCUT2D eigenvalue weighted by Gasteiger charge is 2.27. The van der Waals surface area contributed by atoms with Gasteiger partial charge in [0.05, 0.1) is 34.8 Å². The van der Waals surface area contributed by atoms with Crippen molar-refractivity contribution in [2.75, 3.05) is 16.8 Å². The molecule has 0 aliphatic carbocycles. The van der Waals surface area contributed by atoms with Gasteiger partial charge in [-0.15, -0.1) is 0 Å². The quantitative estimate of drug-likeness (QED) is 0.416. The smallest absolute Gasteiger partial charge is 0.244 e. The van der Waals surface area contributed by atoms with Crippen LogP contribution in [0.15, 0.2) is 79.1 Å². The molecule has 9 heteroatoms. The first-order valence-corrected chi connectivity index (χ1v) is 11.6. The lowest BCUT2D eigenvalue weighted by Gasteiger charge is -2.29. The minimum atomic E-state index is -0.465. The Hall–Kier alpha value is -4.53. The van der Waals surface area contributed by atoms with Gasteiger partial charge in [0.2, 0.25) is 17.7 Å². The molecule has 1 atom stereocenters. The zero-order chi connectivity index (χ0) is 25.1. The molecule has 5 rings (SSSR count). The minimum absolute atomic E-state index is 0.0541. The molecule has 0 saturated carbocycles. The topological polar surface area (TPSA) is 96.3 Å². The van der Waals surface area contributed by atoms with Crippen molar-refractivity contribution in [3.63, 3.8) is 0 Å². The highest BCUT2D eigenvalue weighted by molar-refractivity contribution is 6.10. The average Bonchev–Trinajstić information content (AvgIpc) is 3.29. The maximum absolute atomic E-state index is 13.5. The lowest BCUT2D eigenvalue weighted by molar-refractivity contribution is -0.126. The SMILES string of the molecule is O=C1CN(C(=O)CCC(=O)NC(Cn2cnc3ccccc32)c2ccc(F)cc2)c2ccccc2N1. The number of carbonyl (C=O) groups is 3. The van der Waals surface area contributed by atoms with Crippen molar-refractivity contribution in [3.8, 4) is 0 Å². The summed E-state index contributed by atoms with van der Waals surface area (Å²) >= 11 is 0. The van der Waals surface area contributed by atoms with E-state index in [1.165, 1.54) is 17.0 Å². The molecular formula is C27H24FN5O3.